The van der Waals surface area contributed by atoms with E-state index in [9.17, 15) is 0 Å². The summed E-state index contributed by atoms with van der Waals surface area (Å²) in [5.41, 5.74) is 0. The van der Waals surface area contributed by atoms with E-state index < -0.39 is 8.56 Å². The molecule has 3 nitrogen and oxygen atoms in total. The molecule has 0 bridgehead atoms. The molecule has 0 N–H and O–H groups in total. The first-order chi connectivity index (χ1) is 8.89. The maximum absolute atomic E-state index is 2.48. The number of rotatable bonds is 11. The highest BCUT2D eigenvalue weighted by atomic mass is 28.4. The Morgan fingerprint density at radius 3 is 1.32 bits per heavy atom. The molecule has 19 heavy (non-hydrogen) atoms. The molecule has 0 aromatic heterocycles. The van der Waals surface area contributed by atoms with Crippen molar-refractivity contribution in [1.29, 1.82) is 0 Å². The van der Waals surface area contributed by atoms with Crippen LogP contribution in [0.5, 0.6) is 0 Å². The molecular weight excluding hydrogens is 250 g/mol. The lowest BCUT2D eigenvalue weighted by Gasteiger charge is -2.46. The van der Waals surface area contributed by atoms with Gasteiger partial charge in [0.1, 0.15) is 0 Å². The Hall–Kier alpha value is 0.0969. The minimum absolute atomic E-state index is 1.34. The van der Waals surface area contributed by atoms with Gasteiger partial charge in [-0.3, -0.25) is 0 Å². The molecule has 0 saturated heterocycles. The van der Waals surface area contributed by atoms with Crippen molar-refractivity contribution in [2.45, 2.75) is 57.9 Å². The monoisotopic (exact) mass is 287 g/mol. The van der Waals surface area contributed by atoms with Crippen molar-refractivity contribution in [3.05, 3.63) is 0 Å². The predicted octanol–water partition coefficient (Wildman–Crippen LogP) is 3.36. The summed E-state index contributed by atoms with van der Waals surface area (Å²) in [6, 6.07) is 1.34. The van der Waals surface area contributed by atoms with Crippen LogP contribution in [-0.2, 0) is 0 Å². The second kappa shape index (κ2) is 9.92. The molecule has 0 atom stereocenters. The Morgan fingerprint density at radius 2 is 0.947 bits per heavy atom. The maximum atomic E-state index is 2.48. The topological polar surface area (TPSA) is 9.72 Å². The van der Waals surface area contributed by atoms with E-state index in [1.54, 1.807) is 0 Å². The van der Waals surface area contributed by atoms with E-state index in [0.29, 0.717) is 0 Å². The van der Waals surface area contributed by atoms with Crippen LogP contribution in [0.15, 0.2) is 0 Å². The summed E-state index contributed by atoms with van der Waals surface area (Å²) >= 11 is 0. The van der Waals surface area contributed by atoms with Gasteiger partial charge in [0.15, 0.2) is 0 Å². The Kier molecular flexibility index (Phi) is 9.97. The minimum Gasteiger partial charge on any atom is -0.305 e. The summed E-state index contributed by atoms with van der Waals surface area (Å²) in [5, 5.41) is 0. The third kappa shape index (κ3) is 5.94. The van der Waals surface area contributed by atoms with Crippen LogP contribution in [0.25, 0.3) is 0 Å². The second-order valence-corrected chi connectivity index (χ2v) is 11.1. The average Bonchev–Trinajstić information content (AvgIpc) is 2.31. The molecule has 0 fully saturated rings. The largest absolute Gasteiger partial charge is 0.305 e. The van der Waals surface area contributed by atoms with Crippen molar-refractivity contribution >= 4 is 8.56 Å². The molecule has 0 rings (SSSR count). The Bertz CT molecular complexity index is 196. The summed E-state index contributed by atoms with van der Waals surface area (Å²) in [5.74, 6) is 0. The summed E-state index contributed by atoms with van der Waals surface area (Å²) in [6.45, 7) is 2.28. The molecule has 0 radical (unpaired) electrons. The third-order valence-electron chi connectivity index (χ3n) is 4.26. The van der Waals surface area contributed by atoms with Crippen LogP contribution in [0.4, 0.5) is 0 Å². The summed E-state index contributed by atoms with van der Waals surface area (Å²) < 4.78 is 7.43. The molecule has 0 aromatic rings. The normalized spacial score (nSPS) is 12.9. The first-order valence-electron chi connectivity index (χ1n) is 7.91. The van der Waals surface area contributed by atoms with Gasteiger partial charge in [-0.1, -0.05) is 51.9 Å². The maximum Gasteiger partial charge on any atom is 0.288 e. The first-order valence-corrected chi connectivity index (χ1v) is 9.96. The number of unbranched alkanes of at least 4 members (excludes halogenated alkanes) is 6. The molecule has 0 heterocycles. The van der Waals surface area contributed by atoms with Crippen LogP contribution >= 0.6 is 0 Å². The molecule has 0 unspecified atom stereocenters. The molecule has 0 aliphatic heterocycles. The molecule has 0 aliphatic rings. The Morgan fingerprint density at radius 1 is 0.579 bits per heavy atom. The molecule has 0 saturated carbocycles. The fraction of sp³-hybridized carbons (Fsp3) is 1.00. The van der Waals surface area contributed by atoms with Gasteiger partial charge >= 0.3 is 0 Å². The van der Waals surface area contributed by atoms with Gasteiger partial charge in [0.05, 0.1) is 0 Å². The molecule has 0 aliphatic carbocycles. The van der Waals surface area contributed by atoms with E-state index in [4.69, 9.17) is 0 Å². The zero-order chi connectivity index (χ0) is 14.9. The van der Waals surface area contributed by atoms with E-state index in [-0.39, 0.29) is 0 Å². The summed E-state index contributed by atoms with van der Waals surface area (Å²) in [7, 11) is 11.9. The quantitative estimate of drug-likeness (QED) is 0.426. The van der Waals surface area contributed by atoms with Gasteiger partial charge in [-0.2, -0.15) is 0 Å². The highest BCUT2D eigenvalue weighted by Gasteiger charge is 2.41. The Balaban J connectivity index is 4.14. The molecule has 0 spiro atoms. The predicted molar refractivity (Wildman–Crippen MR) is 89.6 cm³/mol. The van der Waals surface area contributed by atoms with E-state index >= 15 is 0 Å². The number of hydrogen-bond donors (Lipinski definition) is 0. The van der Waals surface area contributed by atoms with E-state index in [0.717, 1.165) is 0 Å². The van der Waals surface area contributed by atoms with Gasteiger partial charge in [-0.25, -0.2) is 0 Å². The summed E-state index contributed by atoms with van der Waals surface area (Å²) in [6.07, 6.45) is 9.78. The van der Waals surface area contributed by atoms with E-state index in [1.807, 2.05) is 0 Å². The molecule has 0 aromatic carbocycles. The fourth-order valence-electron chi connectivity index (χ4n) is 3.19. The van der Waals surface area contributed by atoms with E-state index in [1.165, 1.54) is 51.0 Å². The highest BCUT2D eigenvalue weighted by molar-refractivity contribution is 6.71. The van der Waals surface area contributed by atoms with Crippen LogP contribution in [0, 0.1) is 0 Å². The molecular formula is C15H37N3Si. The van der Waals surface area contributed by atoms with Crippen LogP contribution in [0.3, 0.4) is 0 Å². The lowest BCUT2D eigenvalue weighted by molar-refractivity contribution is 0.372. The zero-order valence-corrected chi connectivity index (χ0v) is 15.5. The lowest BCUT2D eigenvalue weighted by Crippen LogP contribution is -2.69. The van der Waals surface area contributed by atoms with Crippen molar-refractivity contribution in [3.8, 4) is 0 Å². The van der Waals surface area contributed by atoms with Crippen molar-refractivity contribution in [1.82, 2.24) is 13.7 Å². The highest BCUT2D eigenvalue weighted by Crippen LogP contribution is 2.22. The average molecular weight is 288 g/mol. The number of nitrogens with zero attached hydrogens (tertiary/aromatic N) is 3. The minimum atomic E-state index is -1.60. The van der Waals surface area contributed by atoms with Crippen LogP contribution in [-0.4, -0.2) is 64.5 Å². The van der Waals surface area contributed by atoms with Gasteiger partial charge in [-0.15, -0.1) is 0 Å². The third-order valence-corrected chi connectivity index (χ3v) is 9.59. The van der Waals surface area contributed by atoms with Gasteiger partial charge < -0.3 is 13.7 Å². The van der Waals surface area contributed by atoms with Gasteiger partial charge in [0.2, 0.25) is 0 Å². The first kappa shape index (κ1) is 19.1. The standard InChI is InChI=1S/C15H37N3Si/c1-8-9-10-11-12-13-14-15-19(16(2)3,17(4)5)18(6)7/h8-15H2,1-7H3. The fourth-order valence-corrected chi connectivity index (χ4v) is 7.66. The van der Waals surface area contributed by atoms with Gasteiger partial charge in [0, 0.05) is 0 Å². The second-order valence-electron chi connectivity index (χ2n) is 6.33. The van der Waals surface area contributed by atoms with Crippen LogP contribution in [0.1, 0.15) is 51.9 Å². The van der Waals surface area contributed by atoms with Crippen molar-refractivity contribution < 1.29 is 0 Å². The van der Waals surface area contributed by atoms with Crippen molar-refractivity contribution in [2.75, 3.05) is 42.3 Å². The lowest BCUT2D eigenvalue weighted by atomic mass is 10.1. The SMILES string of the molecule is CCCCCCCCC[Si](N(C)C)(N(C)C)N(C)C. The van der Waals surface area contributed by atoms with E-state index in [2.05, 4.69) is 62.9 Å². The van der Waals surface area contributed by atoms with Crippen LogP contribution in [0.2, 0.25) is 6.04 Å². The van der Waals surface area contributed by atoms with Crippen LogP contribution < -0.4 is 0 Å². The molecule has 116 valence electrons. The van der Waals surface area contributed by atoms with Gasteiger partial charge in [-0.05, 0) is 48.3 Å². The Labute approximate surface area is 123 Å². The zero-order valence-electron chi connectivity index (χ0n) is 14.5. The van der Waals surface area contributed by atoms with Crippen molar-refractivity contribution in [3.63, 3.8) is 0 Å². The summed E-state index contributed by atoms with van der Waals surface area (Å²) in [4.78, 5) is 0. The molecule has 0 amide bonds. The number of hydrogen-bond acceptors (Lipinski definition) is 3. The van der Waals surface area contributed by atoms with Gasteiger partial charge in [0.25, 0.3) is 8.56 Å². The smallest absolute Gasteiger partial charge is 0.288 e. The molecule has 4 heteroatoms. The van der Waals surface area contributed by atoms with Crippen molar-refractivity contribution in [2.24, 2.45) is 0 Å².